The Morgan fingerprint density at radius 3 is 2.42 bits per heavy atom. The third-order valence-corrected chi connectivity index (χ3v) is 3.95. The van der Waals surface area contributed by atoms with E-state index in [1.54, 1.807) is 0 Å². The zero-order valence-electron chi connectivity index (χ0n) is 7.92. The summed E-state index contributed by atoms with van der Waals surface area (Å²) in [5.41, 5.74) is -0.721. The Balaban J connectivity index is 2.26. The third-order valence-electron chi connectivity index (χ3n) is 3.95. The molecule has 2 nitrogen and oxygen atoms in total. The van der Waals surface area contributed by atoms with Crippen molar-refractivity contribution < 1.29 is 9.90 Å². The summed E-state index contributed by atoms with van der Waals surface area (Å²) in [5, 5.41) is 9.90. The highest BCUT2D eigenvalue weighted by Gasteiger charge is 2.69. The van der Waals surface area contributed by atoms with Gasteiger partial charge in [-0.2, -0.15) is 0 Å². The molecule has 12 heavy (non-hydrogen) atoms. The number of aliphatic hydroxyl groups is 1. The summed E-state index contributed by atoms with van der Waals surface area (Å²) in [5.74, 6) is 0.995. The van der Waals surface area contributed by atoms with Crippen LogP contribution >= 0.6 is 0 Å². The maximum atomic E-state index is 11.4. The molecule has 0 unspecified atom stereocenters. The largest absolute Gasteiger partial charge is 0.390 e. The van der Waals surface area contributed by atoms with E-state index in [0.717, 1.165) is 6.42 Å². The lowest BCUT2D eigenvalue weighted by Crippen LogP contribution is -2.33. The molecule has 0 aromatic carbocycles. The summed E-state index contributed by atoms with van der Waals surface area (Å²) in [4.78, 5) is 11.4. The van der Waals surface area contributed by atoms with E-state index < -0.39 is 5.60 Å². The van der Waals surface area contributed by atoms with Crippen LogP contribution < -0.4 is 0 Å². The molecule has 0 radical (unpaired) electrons. The highest BCUT2D eigenvalue weighted by Crippen LogP contribution is 2.69. The second-order valence-electron chi connectivity index (χ2n) is 4.96. The minimum absolute atomic E-state index is 0.0521. The Morgan fingerprint density at radius 2 is 2.17 bits per heavy atom. The van der Waals surface area contributed by atoms with Crippen LogP contribution in [0.2, 0.25) is 0 Å². The number of hydrogen-bond donors (Lipinski definition) is 1. The second kappa shape index (κ2) is 1.92. The van der Waals surface area contributed by atoms with Gasteiger partial charge in [0, 0.05) is 17.8 Å². The van der Waals surface area contributed by atoms with E-state index in [2.05, 4.69) is 0 Å². The lowest BCUT2D eigenvalue weighted by atomic mass is 9.85. The molecule has 2 aliphatic rings. The third kappa shape index (κ3) is 0.764. The zero-order chi connectivity index (χ0) is 9.15. The van der Waals surface area contributed by atoms with Gasteiger partial charge in [-0.1, -0.05) is 6.92 Å². The maximum absolute atomic E-state index is 11.4. The standard InChI is InChI=1S/C10H16O2/c1-6-7-4-10(7,5-8(6)11)9(2,3)12/h6-7,12H,4-5H2,1-3H3/t6-,7-,10+/m1/s1. The number of carbonyl (C=O) groups excluding carboxylic acids is 1. The van der Waals surface area contributed by atoms with Crippen LogP contribution in [0.4, 0.5) is 0 Å². The fraction of sp³-hybridized carbons (Fsp3) is 0.900. The van der Waals surface area contributed by atoms with Gasteiger partial charge in [-0.05, 0) is 26.2 Å². The summed E-state index contributed by atoms with van der Waals surface area (Å²) in [7, 11) is 0. The van der Waals surface area contributed by atoms with Crippen molar-refractivity contribution in [2.45, 2.75) is 39.2 Å². The molecule has 0 amide bonds. The molecule has 0 aromatic heterocycles. The molecule has 2 rings (SSSR count). The number of fused-ring (bicyclic) bond motifs is 1. The SMILES string of the molecule is C[C@H]1C(=O)C[C@@]2(C(C)(C)O)C[C@H]12. The van der Waals surface area contributed by atoms with E-state index in [1.165, 1.54) is 0 Å². The molecule has 3 atom stereocenters. The van der Waals surface area contributed by atoms with Gasteiger partial charge in [0.2, 0.25) is 0 Å². The maximum Gasteiger partial charge on any atom is 0.136 e. The molecule has 2 aliphatic carbocycles. The fourth-order valence-corrected chi connectivity index (χ4v) is 2.81. The predicted octanol–water partition coefficient (Wildman–Crippen LogP) is 1.37. The summed E-state index contributed by atoms with van der Waals surface area (Å²) in [6.07, 6.45) is 1.64. The second-order valence-corrected chi connectivity index (χ2v) is 4.96. The normalized spacial score (nSPS) is 46.2. The monoisotopic (exact) mass is 168 g/mol. The molecule has 68 valence electrons. The number of ketones is 1. The first-order valence-corrected chi connectivity index (χ1v) is 4.63. The quantitative estimate of drug-likeness (QED) is 0.642. The van der Waals surface area contributed by atoms with E-state index in [9.17, 15) is 9.90 Å². The highest BCUT2D eigenvalue weighted by molar-refractivity contribution is 5.86. The van der Waals surface area contributed by atoms with E-state index >= 15 is 0 Å². The molecule has 0 aromatic rings. The van der Waals surface area contributed by atoms with Crippen molar-refractivity contribution in [2.24, 2.45) is 17.3 Å². The van der Waals surface area contributed by atoms with Gasteiger partial charge in [-0.3, -0.25) is 4.79 Å². The van der Waals surface area contributed by atoms with Crippen LogP contribution in [-0.4, -0.2) is 16.5 Å². The van der Waals surface area contributed by atoms with Gasteiger partial charge in [-0.15, -0.1) is 0 Å². The molecule has 0 spiro atoms. The number of hydrogen-bond acceptors (Lipinski definition) is 2. The highest BCUT2D eigenvalue weighted by atomic mass is 16.3. The first-order chi connectivity index (χ1) is 5.38. The van der Waals surface area contributed by atoms with Gasteiger partial charge in [0.15, 0.2) is 0 Å². The summed E-state index contributed by atoms with van der Waals surface area (Å²) >= 11 is 0. The molecule has 1 N–H and O–H groups in total. The van der Waals surface area contributed by atoms with Gasteiger partial charge in [0.05, 0.1) is 5.60 Å². The van der Waals surface area contributed by atoms with Crippen molar-refractivity contribution in [1.29, 1.82) is 0 Å². The van der Waals surface area contributed by atoms with Crippen LogP contribution in [0.15, 0.2) is 0 Å². The Bertz CT molecular complexity index is 239. The van der Waals surface area contributed by atoms with Crippen molar-refractivity contribution in [3.05, 3.63) is 0 Å². The first-order valence-electron chi connectivity index (χ1n) is 4.63. The van der Waals surface area contributed by atoms with Crippen LogP contribution in [0.25, 0.3) is 0 Å². The van der Waals surface area contributed by atoms with Crippen molar-refractivity contribution in [3.63, 3.8) is 0 Å². The molecule has 2 saturated carbocycles. The van der Waals surface area contributed by atoms with E-state index in [0.29, 0.717) is 18.1 Å². The molecule has 0 bridgehead atoms. The van der Waals surface area contributed by atoms with Crippen molar-refractivity contribution >= 4 is 5.78 Å². The van der Waals surface area contributed by atoms with Crippen molar-refractivity contribution in [1.82, 2.24) is 0 Å². The molecule has 2 heteroatoms. The van der Waals surface area contributed by atoms with Crippen LogP contribution in [0, 0.1) is 17.3 Å². The summed E-state index contributed by atoms with van der Waals surface area (Å²) in [6, 6.07) is 0. The van der Waals surface area contributed by atoms with Crippen molar-refractivity contribution in [2.75, 3.05) is 0 Å². The minimum atomic E-state index is -0.669. The van der Waals surface area contributed by atoms with Crippen LogP contribution in [0.5, 0.6) is 0 Å². The van der Waals surface area contributed by atoms with Gasteiger partial charge >= 0.3 is 0 Å². The average Bonchev–Trinajstić information content (AvgIpc) is 2.55. The molecule has 0 saturated heterocycles. The van der Waals surface area contributed by atoms with Crippen molar-refractivity contribution in [3.8, 4) is 0 Å². The Hall–Kier alpha value is -0.370. The minimum Gasteiger partial charge on any atom is -0.390 e. The fourth-order valence-electron chi connectivity index (χ4n) is 2.81. The molecular weight excluding hydrogens is 152 g/mol. The molecule has 2 fully saturated rings. The van der Waals surface area contributed by atoms with Gasteiger partial charge < -0.3 is 5.11 Å². The Morgan fingerprint density at radius 1 is 1.58 bits per heavy atom. The van der Waals surface area contributed by atoms with Crippen LogP contribution in [-0.2, 0) is 4.79 Å². The molecule has 0 heterocycles. The van der Waals surface area contributed by atoms with E-state index in [4.69, 9.17) is 0 Å². The van der Waals surface area contributed by atoms with Crippen LogP contribution in [0.3, 0.4) is 0 Å². The van der Waals surface area contributed by atoms with E-state index in [1.807, 2.05) is 20.8 Å². The van der Waals surface area contributed by atoms with E-state index in [-0.39, 0.29) is 11.3 Å². The number of carbonyl (C=O) groups is 1. The molecule has 0 aliphatic heterocycles. The number of Topliss-reactive ketones (excluding diaryl/α,β-unsaturated/α-hetero) is 1. The van der Waals surface area contributed by atoms with Gasteiger partial charge in [-0.25, -0.2) is 0 Å². The average molecular weight is 168 g/mol. The zero-order valence-corrected chi connectivity index (χ0v) is 7.92. The predicted molar refractivity (Wildman–Crippen MR) is 45.6 cm³/mol. The number of rotatable bonds is 1. The topological polar surface area (TPSA) is 37.3 Å². The summed E-state index contributed by atoms with van der Waals surface area (Å²) < 4.78 is 0. The smallest absolute Gasteiger partial charge is 0.136 e. The Labute approximate surface area is 73.0 Å². The summed E-state index contributed by atoms with van der Waals surface area (Å²) in [6.45, 7) is 5.66. The lowest BCUT2D eigenvalue weighted by Gasteiger charge is -2.27. The Kier molecular flexibility index (Phi) is 1.32. The lowest BCUT2D eigenvalue weighted by molar-refractivity contribution is -0.122. The van der Waals surface area contributed by atoms with Gasteiger partial charge in [0.1, 0.15) is 5.78 Å². The first kappa shape index (κ1) is 8.24. The van der Waals surface area contributed by atoms with Crippen LogP contribution in [0.1, 0.15) is 33.6 Å². The molecular formula is C10H16O2. The van der Waals surface area contributed by atoms with Gasteiger partial charge in [0.25, 0.3) is 0 Å².